The smallest absolute Gasteiger partial charge is 0.0596 e. The van der Waals surface area contributed by atoms with Crippen molar-refractivity contribution in [2.75, 3.05) is 6.54 Å². The van der Waals surface area contributed by atoms with Crippen LogP contribution in [0.25, 0.3) is 0 Å². The maximum absolute atomic E-state index is 4.37. The highest BCUT2D eigenvalue weighted by Gasteiger charge is 2.09. The summed E-state index contributed by atoms with van der Waals surface area (Å²) in [7, 11) is 2.02. The van der Waals surface area contributed by atoms with E-state index in [1.165, 1.54) is 18.5 Å². The Bertz CT molecular complexity index is 291. The first kappa shape index (κ1) is 12.2. The molecule has 0 aliphatic rings. The molecule has 0 aliphatic carbocycles. The lowest BCUT2D eigenvalue weighted by Gasteiger charge is -2.16. The van der Waals surface area contributed by atoms with E-state index in [0.717, 1.165) is 18.7 Å². The Kier molecular flexibility index (Phi) is 4.82. The second-order valence-corrected chi connectivity index (χ2v) is 4.16. The van der Waals surface area contributed by atoms with Gasteiger partial charge in [0, 0.05) is 25.2 Å². The third-order valence-electron chi connectivity index (χ3n) is 2.73. The van der Waals surface area contributed by atoms with Crippen LogP contribution in [0.1, 0.15) is 38.1 Å². The summed E-state index contributed by atoms with van der Waals surface area (Å²) < 4.78 is 1.99. The van der Waals surface area contributed by atoms with Crippen LogP contribution in [0.4, 0.5) is 0 Å². The van der Waals surface area contributed by atoms with Crippen molar-refractivity contribution in [2.24, 2.45) is 7.05 Å². The van der Waals surface area contributed by atoms with Crippen LogP contribution in [0, 0.1) is 6.92 Å². The maximum atomic E-state index is 4.37. The van der Waals surface area contributed by atoms with Gasteiger partial charge in [-0.2, -0.15) is 5.10 Å². The number of nitrogens with one attached hydrogen (secondary N) is 1. The van der Waals surface area contributed by atoms with Crippen LogP contribution in [0.5, 0.6) is 0 Å². The van der Waals surface area contributed by atoms with Crippen LogP contribution in [-0.4, -0.2) is 22.4 Å². The molecule has 15 heavy (non-hydrogen) atoms. The van der Waals surface area contributed by atoms with Crippen molar-refractivity contribution in [2.45, 2.75) is 46.1 Å². The van der Waals surface area contributed by atoms with E-state index in [1.807, 2.05) is 18.7 Å². The second-order valence-electron chi connectivity index (χ2n) is 4.16. The third kappa shape index (κ3) is 3.67. The minimum absolute atomic E-state index is 0.583. The van der Waals surface area contributed by atoms with Gasteiger partial charge in [0.15, 0.2) is 0 Å². The van der Waals surface area contributed by atoms with E-state index in [1.54, 1.807) is 0 Å². The topological polar surface area (TPSA) is 29.9 Å². The molecule has 0 radical (unpaired) electrons. The van der Waals surface area contributed by atoms with E-state index in [4.69, 9.17) is 0 Å². The maximum Gasteiger partial charge on any atom is 0.0596 e. The lowest BCUT2D eigenvalue weighted by Crippen LogP contribution is -2.31. The number of hydrogen-bond acceptors (Lipinski definition) is 2. The number of nitrogens with zero attached hydrogens (tertiary/aromatic N) is 2. The van der Waals surface area contributed by atoms with Crippen molar-refractivity contribution in [1.29, 1.82) is 0 Å². The fourth-order valence-corrected chi connectivity index (χ4v) is 1.82. The molecule has 0 fully saturated rings. The minimum Gasteiger partial charge on any atom is -0.314 e. The van der Waals surface area contributed by atoms with Crippen molar-refractivity contribution in [3.63, 3.8) is 0 Å². The van der Waals surface area contributed by atoms with Gasteiger partial charge in [-0.25, -0.2) is 0 Å². The number of aryl methyl sites for hydroxylation is 2. The standard InChI is InChI=1S/C12H23N3/c1-5-7-13-11(6-2)9-12-8-10(3)14-15(12)4/h8,11,13H,5-7,9H2,1-4H3. The van der Waals surface area contributed by atoms with Crippen LogP contribution in [0.2, 0.25) is 0 Å². The van der Waals surface area contributed by atoms with Gasteiger partial charge in [-0.05, 0) is 32.4 Å². The molecule has 0 saturated carbocycles. The highest BCUT2D eigenvalue weighted by Crippen LogP contribution is 2.07. The van der Waals surface area contributed by atoms with Crippen LogP contribution in [0.3, 0.4) is 0 Å². The van der Waals surface area contributed by atoms with Gasteiger partial charge >= 0.3 is 0 Å². The molecule has 0 saturated heterocycles. The molecular formula is C12H23N3. The molecule has 0 aromatic carbocycles. The third-order valence-corrected chi connectivity index (χ3v) is 2.73. The molecule has 86 valence electrons. The quantitative estimate of drug-likeness (QED) is 0.777. The Morgan fingerprint density at radius 1 is 1.47 bits per heavy atom. The van der Waals surface area contributed by atoms with Crippen LogP contribution >= 0.6 is 0 Å². The van der Waals surface area contributed by atoms with Crippen LogP contribution in [0.15, 0.2) is 6.07 Å². The monoisotopic (exact) mass is 209 g/mol. The Morgan fingerprint density at radius 3 is 2.67 bits per heavy atom. The van der Waals surface area contributed by atoms with E-state index in [9.17, 15) is 0 Å². The van der Waals surface area contributed by atoms with Crippen molar-refractivity contribution in [1.82, 2.24) is 15.1 Å². The average Bonchev–Trinajstić information content (AvgIpc) is 2.52. The Labute approximate surface area is 92.9 Å². The zero-order valence-electron chi connectivity index (χ0n) is 10.4. The molecule has 1 aromatic heterocycles. The fourth-order valence-electron chi connectivity index (χ4n) is 1.82. The molecule has 1 heterocycles. The van der Waals surface area contributed by atoms with Gasteiger partial charge in [0.2, 0.25) is 0 Å². The average molecular weight is 209 g/mol. The molecule has 1 rings (SSSR count). The summed E-state index contributed by atoms with van der Waals surface area (Å²) >= 11 is 0. The molecule has 0 spiro atoms. The highest BCUT2D eigenvalue weighted by molar-refractivity contribution is 5.09. The second kappa shape index (κ2) is 5.91. The van der Waals surface area contributed by atoms with Gasteiger partial charge < -0.3 is 5.32 Å². The zero-order valence-corrected chi connectivity index (χ0v) is 10.4. The number of rotatable bonds is 6. The molecule has 1 aromatic rings. The summed E-state index contributed by atoms with van der Waals surface area (Å²) in [5.41, 5.74) is 2.43. The van der Waals surface area contributed by atoms with Gasteiger partial charge in [-0.15, -0.1) is 0 Å². The van der Waals surface area contributed by atoms with Gasteiger partial charge in [0.25, 0.3) is 0 Å². The van der Waals surface area contributed by atoms with E-state index >= 15 is 0 Å². The molecule has 3 nitrogen and oxygen atoms in total. The van der Waals surface area contributed by atoms with Crippen molar-refractivity contribution < 1.29 is 0 Å². The van der Waals surface area contributed by atoms with E-state index in [-0.39, 0.29) is 0 Å². The lowest BCUT2D eigenvalue weighted by atomic mass is 10.1. The number of aromatic nitrogens is 2. The summed E-state index contributed by atoms with van der Waals surface area (Å²) in [4.78, 5) is 0. The highest BCUT2D eigenvalue weighted by atomic mass is 15.3. The van der Waals surface area contributed by atoms with E-state index in [2.05, 4.69) is 30.3 Å². The first-order valence-electron chi connectivity index (χ1n) is 5.90. The molecule has 0 aliphatic heterocycles. The van der Waals surface area contributed by atoms with E-state index < -0.39 is 0 Å². The summed E-state index contributed by atoms with van der Waals surface area (Å²) in [5, 5.41) is 7.93. The molecule has 1 N–H and O–H groups in total. The molecule has 0 amide bonds. The summed E-state index contributed by atoms with van der Waals surface area (Å²) in [5.74, 6) is 0. The van der Waals surface area contributed by atoms with Gasteiger partial charge in [0.05, 0.1) is 5.69 Å². The SMILES string of the molecule is CCCNC(CC)Cc1cc(C)nn1C. The summed E-state index contributed by atoms with van der Waals surface area (Å²) in [6.07, 6.45) is 3.44. The van der Waals surface area contributed by atoms with Gasteiger partial charge in [-0.1, -0.05) is 13.8 Å². The Hall–Kier alpha value is -0.830. The Morgan fingerprint density at radius 2 is 2.20 bits per heavy atom. The summed E-state index contributed by atoms with van der Waals surface area (Å²) in [6.45, 7) is 7.59. The van der Waals surface area contributed by atoms with Crippen LogP contribution < -0.4 is 5.32 Å². The van der Waals surface area contributed by atoms with Crippen molar-refractivity contribution in [3.05, 3.63) is 17.5 Å². The molecule has 1 unspecified atom stereocenters. The molecule has 3 heteroatoms. The lowest BCUT2D eigenvalue weighted by molar-refractivity contribution is 0.481. The minimum atomic E-state index is 0.583. The van der Waals surface area contributed by atoms with Crippen LogP contribution in [-0.2, 0) is 13.5 Å². The van der Waals surface area contributed by atoms with Crippen molar-refractivity contribution in [3.8, 4) is 0 Å². The molecule has 0 bridgehead atoms. The van der Waals surface area contributed by atoms with Crippen molar-refractivity contribution >= 4 is 0 Å². The first-order valence-corrected chi connectivity index (χ1v) is 5.90. The molecular weight excluding hydrogens is 186 g/mol. The van der Waals surface area contributed by atoms with Gasteiger partial charge in [0.1, 0.15) is 0 Å². The summed E-state index contributed by atoms with van der Waals surface area (Å²) in [6, 6.07) is 2.76. The normalized spacial score (nSPS) is 13.1. The Balaban J connectivity index is 2.54. The van der Waals surface area contributed by atoms with Gasteiger partial charge in [-0.3, -0.25) is 4.68 Å². The predicted octanol–water partition coefficient (Wildman–Crippen LogP) is 2.05. The van der Waals surface area contributed by atoms with E-state index in [0.29, 0.717) is 6.04 Å². The largest absolute Gasteiger partial charge is 0.314 e. The first-order chi connectivity index (χ1) is 7.17. The number of hydrogen-bond donors (Lipinski definition) is 1. The predicted molar refractivity (Wildman–Crippen MR) is 64.0 cm³/mol. The fraction of sp³-hybridized carbons (Fsp3) is 0.750. The molecule has 1 atom stereocenters. The zero-order chi connectivity index (χ0) is 11.3.